The van der Waals surface area contributed by atoms with Gasteiger partial charge in [0.1, 0.15) is 0 Å². The molecular weight excluding hydrogens is 354 g/mol. The van der Waals surface area contributed by atoms with Gasteiger partial charge in [-0.15, -0.1) is 0 Å². The third kappa shape index (κ3) is 5.83. The molecular formula is C21H39N5O2. The summed E-state index contributed by atoms with van der Waals surface area (Å²) in [6, 6.07) is 0. The van der Waals surface area contributed by atoms with Gasteiger partial charge < -0.3 is 19.9 Å². The van der Waals surface area contributed by atoms with E-state index >= 15 is 0 Å². The van der Waals surface area contributed by atoms with Crippen LogP contribution in [0.25, 0.3) is 0 Å². The van der Waals surface area contributed by atoms with Crippen molar-refractivity contribution >= 4 is 11.9 Å². The predicted molar refractivity (Wildman–Crippen MR) is 113 cm³/mol. The monoisotopic (exact) mass is 393 g/mol. The highest BCUT2D eigenvalue weighted by atomic mass is 16.5. The minimum absolute atomic E-state index is 0.309. The number of nitrogens with zero attached hydrogens (tertiary/aromatic N) is 4. The summed E-state index contributed by atoms with van der Waals surface area (Å²) >= 11 is 0. The van der Waals surface area contributed by atoms with E-state index in [0.717, 1.165) is 84.4 Å². The molecule has 0 radical (unpaired) electrons. The van der Waals surface area contributed by atoms with Crippen LogP contribution in [-0.4, -0.2) is 99.2 Å². The second kappa shape index (κ2) is 11.0. The van der Waals surface area contributed by atoms with Crippen LogP contribution in [0, 0.1) is 11.8 Å². The number of guanidine groups is 1. The highest BCUT2D eigenvalue weighted by Crippen LogP contribution is 2.26. The molecule has 2 heterocycles. The van der Waals surface area contributed by atoms with Gasteiger partial charge in [0.15, 0.2) is 5.96 Å². The van der Waals surface area contributed by atoms with Gasteiger partial charge in [-0.1, -0.05) is 12.8 Å². The van der Waals surface area contributed by atoms with Gasteiger partial charge in [-0.05, 0) is 26.2 Å². The molecule has 0 aromatic rings. The molecule has 1 aliphatic carbocycles. The van der Waals surface area contributed by atoms with E-state index in [1.165, 1.54) is 19.3 Å². The lowest BCUT2D eigenvalue weighted by atomic mass is 10.1. The van der Waals surface area contributed by atoms with Crippen molar-refractivity contribution in [2.75, 3.05) is 72.6 Å². The number of rotatable bonds is 7. The Balaban J connectivity index is 1.32. The first-order chi connectivity index (χ1) is 13.7. The van der Waals surface area contributed by atoms with Gasteiger partial charge in [-0.3, -0.25) is 14.7 Å². The fourth-order valence-electron chi connectivity index (χ4n) is 4.73. The van der Waals surface area contributed by atoms with Crippen molar-refractivity contribution in [2.24, 2.45) is 16.8 Å². The van der Waals surface area contributed by atoms with Gasteiger partial charge in [-0.2, -0.15) is 0 Å². The molecule has 1 N–H and O–H groups in total. The Morgan fingerprint density at radius 3 is 2.50 bits per heavy atom. The molecule has 1 unspecified atom stereocenters. The molecule has 0 spiro atoms. The van der Waals surface area contributed by atoms with Crippen LogP contribution in [0.3, 0.4) is 0 Å². The van der Waals surface area contributed by atoms with E-state index in [1.807, 2.05) is 7.05 Å². The molecule has 2 saturated heterocycles. The Morgan fingerprint density at radius 1 is 1.07 bits per heavy atom. The van der Waals surface area contributed by atoms with Gasteiger partial charge >= 0.3 is 0 Å². The Kier molecular flexibility index (Phi) is 8.40. The fourth-order valence-corrected chi connectivity index (χ4v) is 4.73. The third-order valence-corrected chi connectivity index (χ3v) is 6.45. The Labute approximate surface area is 170 Å². The van der Waals surface area contributed by atoms with Crippen molar-refractivity contribution in [2.45, 2.75) is 39.0 Å². The molecule has 1 atom stereocenters. The molecule has 7 heteroatoms. The van der Waals surface area contributed by atoms with E-state index in [9.17, 15) is 4.79 Å². The summed E-state index contributed by atoms with van der Waals surface area (Å²) in [7, 11) is 1.87. The smallest absolute Gasteiger partial charge is 0.225 e. The largest absolute Gasteiger partial charge is 0.381 e. The van der Waals surface area contributed by atoms with Crippen LogP contribution in [0.5, 0.6) is 0 Å². The maximum absolute atomic E-state index is 12.6. The molecule has 3 fully saturated rings. The molecule has 160 valence electrons. The van der Waals surface area contributed by atoms with E-state index in [-0.39, 0.29) is 0 Å². The first-order valence-electron chi connectivity index (χ1n) is 11.3. The van der Waals surface area contributed by atoms with E-state index in [1.54, 1.807) is 0 Å². The van der Waals surface area contributed by atoms with Crippen molar-refractivity contribution in [3.05, 3.63) is 0 Å². The predicted octanol–water partition coefficient (Wildman–Crippen LogP) is 1.25. The lowest BCUT2D eigenvalue weighted by Gasteiger charge is -2.36. The summed E-state index contributed by atoms with van der Waals surface area (Å²) in [4.78, 5) is 23.9. The lowest BCUT2D eigenvalue weighted by molar-refractivity contribution is -0.137. The Hall–Kier alpha value is -1.34. The van der Waals surface area contributed by atoms with E-state index in [0.29, 0.717) is 17.7 Å². The van der Waals surface area contributed by atoms with Crippen molar-refractivity contribution in [3.8, 4) is 0 Å². The molecule has 3 rings (SSSR count). The maximum Gasteiger partial charge on any atom is 0.225 e. The fraction of sp³-hybridized carbons (Fsp3) is 0.905. The second-order valence-corrected chi connectivity index (χ2v) is 8.38. The number of hydrogen-bond donors (Lipinski definition) is 1. The number of hydrogen-bond acceptors (Lipinski definition) is 4. The van der Waals surface area contributed by atoms with Gasteiger partial charge in [-0.25, -0.2) is 0 Å². The molecule has 0 aromatic carbocycles. The average molecular weight is 394 g/mol. The molecule has 3 aliphatic rings. The van der Waals surface area contributed by atoms with Crippen LogP contribution in [-0.2, 0) is 9.53 Å². The van der Waals surface area contributed by atoms with Gasteiger partial charge in [0, 0.05) is 77.8 Å². The Morgan fingerprint density at radius 2 is 1.82 bits per heavy atom. The lowest BCUT2D eigenvalue weighted by Crippen LogP contribution is -2.52. The molecule has 7 nitrogen and oxygen atoms in total. The molecule has 28 heavy (non-hydrogen) atoms. The number of ether oxygens (including phenoxy) is 1. The second-order valence-electron chi connectivity index (χ2n) is 8.38. The van der Waals surface area contributed by atoms with Crippen LogP contribution in [0.4, 0.5) is 0 Å². The number of carbonyl (C=O) groups is 1. The summed E-state index contributed by atoms with van der Waals surface area (Å²) < 4.78 is 5.58. The first-order valence-corrected chi connectivity index (χ1v) is 11.3. The maximum atomic E-state index is 12.6. The standard InChI is InChI=1S/C21H39N5O2/c1-3-28-17-18-8-10-26(16-18)21(22-2)23-9-11-24-12-14-25(15-13-24)20(27)19-6-4-5-7-19/h18-19H,3-17H2,1-2H3,(H,22,23). The summed E-state index contributed by atoms with van der Waals surface area (Å²) in [6.45, 7) is 11.4. The van der Waals surface area contributed by atoms with Crippen molar-refractivity contribution < 1.29 is 9.53 Å². The van der Waals surface area contributed by atoms with E-state index < -0.39 is 0 Å². The van der Waals surface area contributed by atoms with Crippen molar-refractivity contribution in [1.29, 1.82) is 0 Å². The SMILES string of the molecule is CCOCC1CCN(C(=NC)NCCN2CCN(C(=O)C3CCCC3)CC2)C1. The topological polar surface area (TPSA) is 60.4 Å². The zero-order valence-corrected chi connectivity index (χ0v) is 17.9. The van der Waals surface area contributed by atoms with E-state index in [4.69, 9.17) is 4.74 Å². The minimum Gasteiger partial charge on any atom is -0.381 e. The van der Waals surface area contributed by atoms with Crippen LogP contribution >= 0.6 is 0 Å². The zero-order valence-electron chi connectivity index (χ0n) is 17.9. The normalized spacial score (nSPS) is 24.9. The number of aliphatic imine (C=N–C) groups is 1. The highest BCUT2D eigenvalue weighted by molar-refractivity contribution is 5.80. The summed E-state index contributed by atoms with van der Waals surface area (Å²) in [6.07, 6.45) is 5.84. The average Bonchev–Trinajstić information content (AvgIpc) is 3.42. The van der Waals surface area contributed by atoms with Crippen LogP contribution in [0.15, 0.2) is 4.99 Å². The molecule has 0 aromatic heterocycles. The van der Waals surface area contributed by atoms with Gasteiger partial charge in [0.05, 0.1) is 6.61 Å². The van der Waals surface area contributed by atoms with Crippen molar-refractivity contribution in [1.82, 2.24) is 20.0 Å². The minimum atomic E-state index is 0.309. The molecule has 2 aliphatic heterocycles. The zero-order chi connectivity index (χ0) is 19.8. The van der Waals surface area contributed by atoms with Crippen LogP contribution < -0.4 is 5.32 Å². The van der Waals surface area contributed by atoms with E-state index in [2.05, 4.69) is 31.9 Å². The van der Waals surface area contributed by atoms with Crippen LogP contribution in [0.2, 0.25) is 0 Å². The van der Waals surface area contributed by atoms with Gasteiger partial charge in [0.2, 0.25) is 5.91 Å². The molecule has 0 bridgehead atoms. The summed E-state index contributed by atoms with van der Waals surface area (Å²) in [5.74, 6) is 2.34. The highest BCUT2D eigenvalue weighted by Gasteiger charge is 2.29. The molecule has 1 amide bonds. The Bertz CT molecular complexity index is 513. The quantitative estimate of drug-likeness (QED) is 0.521. The number of piperazine rings is 1. The summed E-state index contributed by atoms with van der Waals surface area (Å²) in [5, 5.41) is 3.53. The van der Waals surface area contributed by atoms with Crippen LogP contribution in [0.1, 0.15) is 39.0 Å². The van der Waals surface area contributed by atoms with Crippen molar-refractivity contribution in [3.63, 3.8) is 0 Å². The number of carbonyl (C=O) groups excluding carboxylic acids is 1. The number of nitrogens with one attached hydrogen (secondary N) is 1. The number of likely N-dealkylation sites (tertiary alicyclic amines) is 1. The first kappa shape index (κ1) is 21.4. The summed E-state index contributed by atoms with van der Waals surface area (Å²) in [5.41, 5.74) is 0. The van der Waals surface area contributed by atoms with Gasteiger partial charge in [0.25, 0.3) is 0 Å². The number of amides is 1. The molecule has 1 saturated carbocycles. The third-order valence-electron chi connectivity index (χ3n) is 6.45.